The van der Waals surface area contributed by atoms with E-state index in [9.17, 15) is 0 Å². The molecule has 0 aromatic heterocycles. The first-order valence-corrected chi connectivity index (χ1v) is 5.68. The second-order valence-corrected chi connectivity index (χ2v) is 4.63. The third-order valence-corrected chi connectivity index (χ3v) is 3.43. The highest BCUT2D eigenvalue weighted by molar-refractivity contribution is 9.10. The molecule has 1 aromatic rings. The number of halogens is 2. The molecular weight excluding hydrogens is 265 g/mol. The highest BCUT2D eigenvalue weighted by atomic mass is 79.9. The van der Waals surface area contributed by atoms with Crippen molar-refractivity contribution in [3.63, 3.8) is 0 Å². The first-order chi connectivity index (χ1) is 6.75. The molecular formula is C10H11BrClNO. The van der Waals surface area contributed by atoms with E-state index in [-0.39, 0.29) is 0 Å². The number of ether oxygens (including phenoxy) is 1. The van der Waals surface area contributed by atoms with Crippen molar-refractivity contribution in [2.45, 2.75) is 12.6 Å². The molecule has 1 aliphatic heterocycles. The molecule has 2 rings (SSSR count). The predicted octanol–water partition coefficient (Wildman–Crippen LogP) is 2.59. The van der Waals surface area contributed by atoms with Crippen molar-refractivity contribution in [2.75, 3.05) is 13.2 Å². The van der Waals surface area contributed by atoms with Crippen LogP contribution in [-0.4, -0.2) is 19.3 Å². The van der Waals surface area contributed by atoms with Gasteiger partial charge in [-0.2, -0.15) is 0 Å². The van der Waals surface area contributed by atoms with Crippen LogP contribution in [0.15, 0.2) is 22.7 Å². The molecule has 1 fully saturated rings. The fourth-order valence-electron chi connectivity index (χ4n) is 1.27. The summed E-state index contributed by atoms with van der Waals surface area (Å²) in [7, 11) is 0. The average Bonchev–Trinajstić information content (AvgIpc) is 2.08. The molecule has 1 heterocycles. The van der Waals surface area contributed by atoms with E-state index in [2.05, 4.69) is 21.2 Å². The van der Waals surface area contributed by atoms with Gasteiger partial charge in [-0.15, -0.1) is 0 Å². The molecule has 0 spiro atoms. The molecule has 2 nitrogen and oxygen atoms in total. The first kappa shape index (κ1) is 10.4. The quantitative estimate of drug-likeness (QED) is 0.916. The summed E-state index contributed by atoms with van der Waals surface area (Å²) in [6.07, 6.45) is 0. The minimum absolute atomic E-state index is 0.518. The van der Waals surface area contributed by atoms with Crippen LogP contribution in [0.25, 0.3) is 0 Å². The van der Waals surface area contributed by atoms with Gasteiger partial charge >= 0.3 is 0 Å². The van der Waals surface area contributed by atoms with Crippen LogP contribution < -0.4 is 5.32 Å². The molecule has 0 atom stereocenters. The first-order valence-electron chi connectivity index (χ1n) is 4.51. The summed E-state index contributed by atoms with van der Waals surface area (Å²) in [5, 5.41) is 4.14. The van der Waals surface area contributed by atoms with Gasteiger partial charge in [0.05, 0.1) is 24.3 Å². The van der Waals surface area contributed by atoms with Gasteiger partial charge in [0.1, 0.15) is 0 Å². The fourth-order valence-corrected chi connectivity index (χ4v) is 1.81. The number of rotatable bonds is 3. The lowest BCUT2D eigenvalue weighted by Crippen LogP contribution is -2.45. The topological polar surface area (TPSA) is 21.3 Å². The van der Waals surface area contributed by atoms with E-state index in [1.807, 2.05) is 18.2 Å². The van der Waals surface area contributed by atoms with Gasteiger partial charge in [-0.25, -0.2) is 0 Å². The van der Waals surface area contributed by atoms with Crippen LogP contribution in [0.3, 0.4) is 0 Å². The summed E-state index contributed by atoms with van der Waals surface area (Å²) in [5.41, 5.74) is 1.23. The minimum atomic E-state index is 0.518. The molecule has 14 heavy (non-hydrogen) atoms. The highest BCUT2D eigenvalue weighted by Gasteiger charge is 2.16. The van der Waals surface area contributed by atoms with Gasteiger partial charge in [0, 0.05) is 11.0 Å². The van der Waals surface area contributed by atoms with Gasteiger partial charge in [-0.1, -0.05) is 17.7 Å². The van der Waals surface area contributed by atoms with Crippen molar-refractivity contribution in [3.05, 3.63) is 33.3 Å². The Balaban J connectivity index is 1.91. The summed E-state index contributed by atoms with van der Waals surface area (Å²) in [5.74, 6) is 0. The Morgan fingerprint density at radius 1 is 1.50 bits per heavy atom. The molecule has 0 amide bonds. The maximum absolute atomic E-state index is 5.89. The second kappa shape index (κ2) is 4.62. The van der Waals surface area contributed by atoms with Gasteiger partial charge in [-0.05, 0) is 33.6 Å². The largest absolute Gasteiger partial charge is 0.378 e. The van der Waals surface area contributed by atoms with Gasteiger partial charge in [0.15, 0.2) is 0 Å². The van der Waals surface area contributed by atoms with Crippen molar-refractivity contribution in [1.82, 2.24) is 5.32 Å². The number of nitrogens with one attached hydrogen (secondary N) is 1. The van der Waals surface area contributed by atoms with Crippen LogP contribution in [0.4, 0.5) is 0 Å². The molecule has 4 heteroatoms. The van der Waals surface area contributed by atoms with Gasteiger partial charge in [-0.3, -0.25) is 0 Å². The van der Waals surface area contributed by atoms with E-state index in [0.29, 0.717) is 6.04 Å². The van der Waals surface area contributed by atoms with Crippen molar-refractivity contribution in [3.8, 4) is 0 Å². The molecule has 1 saturated heterocycles. The van der Waals surface area contributed by atoms with Gasteiger partial charge in [0.25, 0.3) is 0 Å². The SMILES string of the molecule is Clc1ccc(CNC2COC2)cc1Br. The van der Waals surface area contributed by atoms with Crippen LogP contribution in [0, 0.1) is 0 Å². The number of hydrogen-bond acceptors (Lipinski definition) is 2. The summed E-state index contributed by atoms with van der Waals surface area (Å²) in [6.45, 7) is 2.52. The predicted molar refractivity (Wildman–Crippen MR) is 60.6 cm³/mol. The van der Waals surface area contributed by atoms with E-state index in [0.717, 1.165) is 29.3 Å². The van der Waals surface area contributed by atoms with E-state index in [1.54, 1.807) is 0 Å². The molecule has 0 radical (unpaired) electrons. The Hall–Kier alpha value is -0.0900. The standard InChI is InChI=1S/C10H11BrClNO/c11-9-3-7(1-2-10(9)12)4-13-8-5-14-6-8/h1-3,8,13H,4-6H2. The maximum atomic E-state index is 5.89. The third-order valence-electron chi connectivity index (χ3n) is 2.22. The zero-order valence-corrected chi connectivity index (χ0v) is 9.94. The minimum Gasteiger partial charge on any atom is -0.378 e. The van der Waals surface area contributed by atoms with Crippen LogP contribution in [0.1, 0.15) is 5.56 Å². The Morgan fingerprint density at radius 3 is 2.86 bits per heavy atom. The molecule has 76 valence electrons. The Labute approximate surface area is 96.7 Å². The maximum Gasteiger partial charge on any atom is 0.0643 e. The summed E-state index contributed by atoms with van der Waals surface area (Å²) in [4.78, 5) is 0. The van der Waals surface area contributed by atoms with Crippen molar-refractivity contribution in [1.29, 1.82) is 0 Å². The van der Waals surface area contributed by atoms with Crippen molar-refractivity contribution in [2.24, 2.45) is 0 Å². The lowest BCUT2D eigenvalue weighted by Gasteiger charge is -2.27. The fraction of sp³-hybridized carbons (Fsp3) is 0.400. The highest BCUT2D eigenvalue weighted by Crippen LogP contribution is 2.23. The molecule has 1 aromatic carbocycles. The summed E-state index contributed by atoms with van der Waals surface area (Å²) < 4.78 is 6.02. The van der Waals surface area contributed by atoms with Crippen LogP contribution in [-0.2, 0) is 11.3 Å². The second-order valence-electron chi connectivity index (χ2n) is 3.36. The summed E-state index contributed by atoms with van der Waals surface area (Å²) in [6, 6.07) is 6.48. The molecule has 0 bridgehead atoms. The third kappa shape index (κ3) is 2.48. The van der Waals surface area contributed by atoms with Crippen molar-refractivity contribution >= 4 is 27.5 Å². The Morgan fingerprint density at radius 2 is 2.29 bits per heavy atom. The number of hydrogen-bond donors (Lipinski definition) is 1. The van der Waals surface area contributed by atoms with E-state index >= 15 is 0 Å². The van der Waals surface area contributed by atoms with Crippen LogP contribution >= 0.6 is 27.5 Å². The Bertz CT molecular complexity index is 328. The van der Waals surface area contributed by atoms with E-state index < -0.39 is 0 Å². The zero-order chi connectivity index (χ0) is 9.97. The average molecular weight is 277 g/mol. The monoisotopic (exact) mass is 275 g/mol. The van der Waals surface area contributed by atoms with Crippen LogP contribution in [0.5, 0.6) is 0 Å². The van der Waals surface area contributed by atoms with E-state index in [4.69, 9.17) is 16.3 Å². The molecule has 1 N–H and O–H groups in total. The molecule has 0 aliphatic carbocycles. The van der Waals surface area contributed by atoms with Crippen LogP contribution in [0.2, 0.25) is 5.02 Å². The van der Waals surface area contributed by atoms with Gasteiger partial charge < -0.3 is 10.1 Å². The lowest BCUT2D eigenvalue weighted by molar-refractivity contribution is -0.00578. The number of benzene rings is 1. The lowest BCUT2D eigenvalue weighted by atomic mass is 10.2. The summed E-state index contributed by atoms with van der Waals surface area (Å²) >= 11 is 9.29. The molecule has 1 aliphatic rings. The molecule has 0 saturated carbocycles. The van der Waals surface area contributed by atoms with Crippen molar-refractivity contribution < 1.29 is 4.74 Å². The normalized spacial score (nSPS) is 16.7. The Kier molecular flexibility index (Phi) is 3.44. The molecule has 0 unspecified atom stereocenters. The smallest absolute Gasteiger partial charge is 0.0643 e. The zero-order valence-electron chi connectivity index (χ0n) is 7.59. The van der Waals surface area contributed by atoms with Gasteiger partial charge in [0.2, 0.25) is 0 Å². The van der Waals surface area contributed by atoms with E-state index in [1.165, 1.54) is 5.56 Å².